The molecule has 9 heteroatoms. The molecule has 138 valence electrons. The molecule has 0 amide bonds. The number of carboxylic acids is 2. The number of rotatable bonds is 4. The van der Waals surface area contributed by atoms with E-state index in [0.717, 1.165) is 0 Å². The molecule has 0 aliphatic heterocycles. The predicted molar refractivity (Wildman–Crippen MR) is 94.8 cm³/mol. The van der Waals surface area contributed by atoms with Crippen molar-refractivity contribution in [2.75, 3.05) is 0 Å². The molecule has 2 rings (SSSR count). The molecule has 0 saturated heterocycles. The van der Waals surface area contributed by atoms with Crippen LogP contribution in [0, 0.1) is 11.8 Å². The molecule has 1 fully saturated rings. The maximum absolute atomic E-state index is 10.6. The summed E-state index contributed by atoms with van der Waals surface area (Å²) in [7, 11) is 0. The molecular weight excluding hydrogens is 395 g/mol. The van der Waals surface area contributed by atoms with Gasteiger partial charge in [-0.2, -0.15) is 0 Å². The van der Waals surface area contributed by atoms with E-state index in [-0.39, 0.29) is 24.2 Å². The van der Waals surface area contributed by atoms with Gasteiger partial charge in [-0.1, -0.05) is 0 Å². The lowest BCUT2D eigenvalue weighted by molar-refractivity contribution is -0.148. The fourth-order valence-corrected chi connectivity index (χ4v) is 2.57. The van der Waals surface area contributed by atoms with Crippen LogP contribution in [-0.2, 0) is 9.59 Å². The molecule has 0 radical (unpaired) electrons. The van der Waals surface area contributed by atoms with E-state index in [1.165, 1.54) is 24.3 Å². The Morgan fingerprint density at radius 1 is 0.720 bits per heavy atom. The fourth-order valence-electron chi connectivity index (χ4n) is 2.32. The third-order valence-corrected chi connectivity index (χ3v) is 4.20. The smallest absolute Gasteiger partial charge is 0.306 e. The van der Waals surface area contributed by atoms with Gasteiger partial charge in [0.1, 0.15) is 0 Å². The Bertz CT molecular complexity index is 566. The summed E-state index contributed by atoms with van der Waals surface area (Å²) in [6, 6.07) is 5.80. The molecule has 0 spiro atoms. The lowest BCUT2D eigenvalue weighted by atomic mass is 9.82. The SMILES string of the molecule is Cl.O=C(Cl)c1ccc(C(=O)Cl)cc1.O=C(O)C1CCC(C(=O)O)CC1. The van der Waals surface area contributed by atoms with Crippen LogP contribution in [0.15, 0.2) is 24.3 Å². The monoisotopic (exact) mass is 410 g/mol. The van der Waals surface area contributed by atoms with E-state index in [1.54, 1.807) is 0 Å². The zero-order valence-corrected chi connectivity index (χ0v) is 15.3. The Morgan fingerprint density at radius 2 is 0.960 bits per heavy atom. The largest absolute Gasteiger partial charge is 0.481 e. The van der Waals surface area contributed by atoms with E-state index < -0.39 is 22.4 Å². The Balaban J connectivity index is 0.000000443. The number of carbonyl (C=O) groups is 4. The summed E-state index contributed by atoms with van der Waals surface area (Å²) in [5.74, 6) is -2.22. The highest BCUT2D eigenvalue weighted by atomic mass is 35.5. The van der Waals surface area contributed by atoms with Gasteiger partial charge in [0, 0.05) is 11.1 Å². The number of halogens is 3. The Kier molecular flexibility index (Phi) is 10.4. The van der Waals surface area contributed by atoms with E-state index >= 15 is 0 Å². The van der Waals surface area contributed by atoms with Crippen LogP contribution in [-0.4, -0.2) is 32.6 Å². The average molecular weight is 412 g/mol. The molecule has 6 nitrogen and oxygen atoms in total. The van der Waals surface area contributed by atoms with Crippen LogP contribution in [0.25, 0.3) is 0 Å². The molecule has 1 aromatic rings. The maximum Gasteiger partial charge on any atom is 0.306 e. The van der Waals surface area contributed by atoms with Crippen molar-refractivity contribution in [2.45, 2.75) is 25.7 Å². The maximum atomic E-state index is 10.6. The topological polar surface area (TPSA) is 109 Å². The van der Waals surface area contributed by atoms with Gasteiger partial charge < -0.3 is 10.2 Å². The minimum Gasteiger partial charge on any atom is -0.481 e. The van der Waals surface area contributed by atoms with Crippen LogP contribution in [0.1, 0.15) is 46.4 Å². The number of hydrogen-bond donors (Lipinski definition) is 2. The minimum absolute atomic E-state index is 0. The Morgan fingerprint density at radius 3 is 1.12 bits per heavy atom. The molecule has 1 aliphatic carbocycles. The first kappa shape index (κ1) is 23.4. The minimum atomic E-state index is -0.793. The van der Waals surface area contributed by atoms with Gasteiger partial charge in [-0.05, 0) is 73.2 Å². The number of carboxylic acid groups (broad SMARTS) is 2. The van der Waals surface area contributed by atoms with Crippen LogP contribution in [0.5, 0.6) is 0 Å². The summed E-state index contributed by atoms with van der Waals surface area (Å²) in [5, 5.41) is 16.1. The second-order valence-corrected chi connectivity index (χ2v) is 6.04. The van der Waals surface area contributed by atoms with Crippen molar-refractivity contribution < 1.29 is 29.4 Å². The van der Waals surface area contributed by atoms with Crippen molar-refractivity contribution in [3.05, 3.63) is 35.4 Å². The number of hydrogen-bond acceptors (Lipinski definition) is 4. The van der Waals surface area contributed by atoms with Crippen LogP contribution in [0.4, 0.5) is 0 Å². The first-order chi connectivity index (χ1) is 11.2. The summed E-state index contributed by atoms with van der Waals surface area (Å²) in [6.07, 6.45) is 2.03. The highest BCUT2D eigenvalue weighted by molar-refractivity contribution is 6.68. The van der Waals surface area contributed by atoms with E-state index in [0.29, 0.717) is 36.8 Å². The normalized spacial score (nSPS) is 18.8. The van der Waals surface area contributed by atoms with Gasteiger partial charge in [-0.3, -0.25) is 19.2 Å². The molecule has 0 bridgehead atoms. The van der Waals surface area contributed by atoms with Crippen molar-refractivity contribution in [3.63, 3.8) is 0 Å². The predicted octanol–water partition coefficient (Wildman–Crippen LogP) is 3.83. The zero-order valence-electron chi connectivity index (χ0n) is 13.0. The molecule has 0 atom stereocenters. The molecule has 1 aliphatic rings. The van der Waals surface area contributed by atoms with E-state index in [4.69, 9.17) is 33.4 Å². The highest BCUT2D eigenvalue weighted by Gasteiger charge is 2.29. The van der Waals surface area contributed by atoms with Gasteiger partial charge >= 0.3 is 11.9 Å². The highest BCUT2D eigenvalue weighted by Crippen LogP contribution is 2.28. The molecule has 25 heavy (non-hydrogen) atoms. The average Bonchev–Trinajstić information content (AvgIpc) is 2.55. The van der Waals surface area contributed by atoms with Gasteiger partial charge in [0.25, 0.3) is 10.5 Å². The molecule has 0 aromatic heterocycles. The van der Waals surface area contributed by atoms with Crippen molar-refractivity contribution in [3.8, 4) is 0 Å². The summed E-state index contributed by atoms with van der Waals surface area (Å²) < 4.78 is 0. The standard InChI is InChI=1S/C8H4Cl2O2.C8H12O4.ClH/c9-7(11)5-1-2-6(4-3-5)8(10)12;9-7(10)5-1-2-6(4-3-5)8(11)12;/h1-4H;5-6H,1-4H2,(H,9,10)(H,11,12);1H. The molecule has 0 unspecified atom stereocenters. The first-order valence-corrected chi connectivity index (χ1v) is 7.93. The summed E-state index contributed by atoms with van der Waals surface area (Å²) in [5.41, 5.74) is 0.691. The van der Waals surface area contributed by atoms with E-state index in [2.05, 4.69) is 0 Å². The first-order valence-electron chi connectivity index (χ1n) is 7.17. The Labute approximate surface area is 160 Å². The van der Waals surface area contributed by atoms with Gasteiger partial charge in [0.15, 0.2) is 0 Å². The summed E-state index contributed by atoms with van der Waals surface area (Å²) >= 11 is 10.4. The van der Waals surface area contributed by atoms with Gasteiger partial charge in [0.05, 0.1) is 11.8 Å². The van der Waals surface area contributed by atoms with Crippen molar-refractivity contribution in [1.82, 2.24) is 0 Å². The van der Waals surface area contributed by atoms with Gasteiger partial charge in [0.2, 0.25) is 0 Å². The number of carbonyl (C=O) groups excluding carboxylic acids is 2. The molecule has 0 heterocycles. The van der Waals surface area contributed by atoms with Crippen LogP contribution < -0.4 is 0 Å². The third kappa shape index (κ3) is 7.86. The van der Waals surface area contributed by atoms with Crippen LogP contribution in [0.3, 0.4) is 0 Å². The lowest BCUT2D eigenvalue weighted by Crippen LogP contribution is -2.25. The second kappa shape index (κ2) is 11.1. The summed E-state index contributed by atoms with van der Waals surface area (Å²) in [4.78, 5) is 42.1. The van der Waals surface area contributed by atoms with Crippen molar-refractivity contribution >= 4 is 58.0 Å². The second-order valence-electron chi connectivity index (χ2n) is 5.35. The number of aliphatic carboxylic acids is 2. The molecule has 1 saturated carbocycles. The lowest BCUT2D eigenvalue weighted by Gasteiger charge is -2.22. The van der Waals surface area contributed by atoms with Gasteiger partial charge in [-0.15, -0.1) is 12.4 Å². The zero-order chi connectivity index (χ0) is 18.3. The summed E-state index contributed by atoms with van der Waals surface area (Å²) in [6.45, 7) is 0. The quantitative estimate of drug-likeness (QED) is 0.729. The fraction of sp³-hybridized carbons (Fsp3) is 0.375. The van der Waals surface area contributed by atoms with Crippen molar-refractivity contribution in [1.29, 1.82) is 0 Å². The van der Waals surface area contributed by atoms with Crippen molar-refractivity contribution in [2.24, 2.45) is 11.8 Å². The van der Waals surface area contributed by atoms with E-state index in [9.17, 15) is 19.2 Å². The van der Waals surface area contributed by atoms with E-state index in [1.807, 2.05) is 0 Å². The number of benzene rings is 1. The van der Waals surface area contributed by atoms with Gasteiger partial charge in [-0.25, -0.2) is 0 Å². The Hall–Kier alpha value is -1.63. The third-order valence-electron chi connectivity index (χ3n) is 3.76. The van der Waals surface area contributed by atoms with Crippen LogP contribution in [0.2, 0.25) is 0 Å². The molecular formula is C16H17Cl3O6. The van der Waals surface area contributed by atoms with Crippen LogP contribution >= 0.6 is 35.6 Å². The molecule has 1 aromatic carbocycles. The molecule has 2 N–H and O–H groups in total.